The van der Waals surface area contributed by atoms with Crippen LogP contribution in [-0.2, 0) is 6.42 Å². The molecule has 0 saturated heterocycles. The third-order valence-corrected chi connectivity index (χ3v) is 3.73. The summed E-state index contributed by atoms with van der Waals surface area (Å²) in [6, 6.07) is 13.3. The highest BCUT2D eigenvalue weighted by molar-refractivity contribution is 9.10. The molecule has 0 heterocycles. The molecule has 0 atom stereocenters. The molecule has 2 N–H and O–H groups in total. The molecule has 0 fully saturated rings. The molecular formula is C17H18BrNO2. The van der Waals surface area contributed by atoms with E-state index < -0.39 is 0 Å². The quantitative estimate of drug-likeness (QED) is 0.860. The van der Waals surface area contributed by atoms with Gasteiger partial charge in [-0.05, 0) is 61.2 Å². The first-order valence-electron chi connectivity index (χ1n) is 6.87. The fourth-order valence-electron chi connectivity index (χ4n) is 2.17. The van der Waals surface area contributed by atoms with E-state index >= 15 is 0 Å². The summed E-state index contributed by atoms with van der Waals surface area (Å²) in [5.74, 6) is -0.112. The summed E-state index contributed by atoms with van der Waals surface area (Å²) in [7, 11) is 0. The van der Waals surface area contributed by atoms with Gasteiger partial charge in [-0.25, -0.2) is 0 Å². The van der Waals surface area contributed by atoms with Gasteiger partial charge >= 0.3 is 0 Å². The van der Waals surface area contributed by atoms with Crippen LogP contribution < -0.4 is 5.32 Å². The van der Waals surface area contributed by atoms with Crippen molar-refractivity contribution in [3.05, 3.63) is 63.6 Å². The molecule has 2 aromatic rings. The predicted molar refractivity (Wildman–Crippen MR) is 88.7 cm³/mol. The van der Waals surface area contributed by atoms with Crippen LogP contribution in [-0.4, -0.2) is 17.6 Å². The monoisotopic (exact) mass is 347 g/mol. The van der Waals surface area contributed by atoms with Crippen molar-refractivity contribution >= 4 is 27.5 Å². The third-order valence-electron chi connectivity index (χ3n) is 3.24. The Hall–Kier alpha value is -1.65. The van der Waals surface area contributed by atoms with Gasteiger partial charge < -0.3 is 10.4 Å². The number of rotatable bonds is 5. The topological polar surface area (TPSA) is 49.3 Å². The van der Waals surface area contributed by atoms with Crippen LogP contribution >= 0.6 is 15.9 Å². The van der Waals surface area contributed by atoms with E-state index in [0.29, 0.717) is 5.56 Å². The van der Waals surface area contributed by atoms with Gasteiger partial charge in [0.15, 0.2) is 0 Å². The van der Waals surface area contributed by atoms with Crippen molar-refractivity contribution in [3.63, 3.8) is 0 Å². The van der Waals surface area contributed by atoms with Crippen molar-refractivity contribution in [1.82, 2.24) is 0 Å². The zero-order valence-electron chi connectivity index (χ0n) is 11.9. The molecule has 110 valence electrons. The van der Waals surface area contributed by atoms with Crippen LogP contribution in [0.3, 0.4) is 0 Å². The number of hydrogen-bond donors (Lipinski definition) is 2. The standard InChI is InChI=1S/C17H18BrNO2/c1-12-10-14(18)7-8-16(12)17(21)19-15-6-2-4-13(11-15)5-3-9-20/h2,4,6-8,10-11,20H,3,5,9H2,1H3,(H,19,21). The van der Waals surface area contributed by atoms with E-state index in [0.717, 1.165) is 34.1 Å². The van der Waals surface area contributed by atoms with Crippen molar-refractivity contribution in [2.24, 2.45) is 0 Å². The summed E-state index contributed by atoms with van der Waals surface area (Å²) in [5, 5.41) is 11.8. The Morgan fingerprint density at radius 1 is 1.24 bits per heavy atom. The van der Waals surface area contributed by atoms with Crippen LogP contribution in [0.15, 0.2) is 46.9 Å². The van der Waals surface area contributed by atoms with Gasteiger partial charge in [0, 0.05) is 22.3 Å². The lowest BCUT2D eigenvalue weighted by molar-refractivity contribution is 0.102. The van der Waals surface area contributed by atoms with Crippen LogP contribution in [0.25, 0.3) is 0 Å². The van der Waals surface area contributed by atoms with Crippen LogP contribution in [0.1, 0.15) is 27.9 Å². The maximum Gasteiger partial charge on any atom is 0.255 e. The Bertz CT molecular complexity index is 640. The van der Waals surface area contributed by atoms with Gasteiger partial charge in [-0.1, -0.05) is 28.1 Å². The Kier molecular flexibility index (Phi) is 5.53. The molecule has 21 heavy (non-hydrogen) atoms. The minimum atomic E-state index is -0.112. The van der Waals surface area contributed by atoms with E-state index in [2.05, 4.69) is 21.2 Å². The highest BCUT2D eigenvalue weighted by atomic mass is 79.9. The molecule has 0 unspecified atom stereocenters. The van der Waals surface area contributed by atoms with Crippen LogP contribution in [0.4, 0.5) is 5.69 Å². The maximum absolute atomic E-state index is 12.3. The van der Waals surface area contributed by atoms with E-state index in [1.165, 1.54) is 0 Å². The minimum absolute atomic E-state index is 0.112. The first-order valence-corrected chi connectivity index (χ1v) is 7.67. The average molecular weight is 348 g/mol. The number of carbonyl (C=O) groups excluding carboxylic acids is 1. The highest BCUT2D eigenvalue weighted by Crippen LogP contribution is 2.18. The summed E-state index contributed by atoms with van der Waals surface area (Å²) in [4.78, 5) is 12.3. The van der Waals surface area contributed by atoms with Gasteiger partial charge in [-0.2, -0.15) is 0 Å². The Morgan fingerprint density at radius 3 is 2.76 bits per heavy atom. The molecule has 0 bridgehead atoms. The number of amides is 1. The number of carbonyl (C=O) groups is 1. The zero-order valence-corrected chi connectivity index (χ0v) is 13.5. The molecule has 2 aromatic carbocycles. The molecule has 0 aliphatic heterocycles. The largest absolute Gasteiger partial charge is 0.396 e. The van der Waals surface area contributed by atoms with E-state index in [4.69, 9.17) is 5.11 Å². The average Bonchev–Trinajstić information content (AvgIpc) is 2.45. The molecule has 0 spiro atoms. The molecule has 3 nitrogen and oxygen atoms in total. The van der Waals surface area contributed by atoms with Crippen molar-refractivity contribution < 1.29 is 9.90 Å². The van der Waals surface area contributed by atoms with Crippen molar-refractivity contribution in [2.45, 2.75) is 19.8 Å². The van der Waals surface area contributed by atoms with Crippen molar-refractivity contribution in [1.29, 1.82) is 0 Å². The van der Waals surface area contributed by atoms with Crippen LogP contribution in [0.5, 0.6) is 0 Å². The SMILES string of the molecule is Cc1cc(Br)ccc1C(=O)Nc1cccc(CCCO)c1. The Balaban J connectivity index is 2.12. The molecular weight excluding hydrogens is 330 g/mol. The smallest absolute Gasteiger partial charge is 0.255 e. The van der Waals surface area contributed by atoms with Gasteiger partial charge in [-0.3, -0.25) is 4.79 Å². The number of hydrogen-bond acceptors (Lipinski definition) is 2. The zero-order chi connectivity index (χ0) is 15.2. The van der Waals surface area contributed by atoms with Crippen LogP contribution in [0.2, 0.25) is 0 Å². The van der Waals surface area contributed by atoms with E-state index in [-0.39, 0.29) is 12.5 Å². The number of anilines is 1. The molecule has 0 saturated carbocycles. The molecule has 0 aromatic heterocycles. The first kappa shape index (κ1) is 15.7. The fourth-order valence-corrected chi connectivity index (χ4v) is 2.64. The Labute approximate surface area is 133 Å². The van der Waals surface area contributed by atoms with Crippen molar-refractivity contribution in [2.75, 3.05) is 11.9 Å². The normalized spacial score (nSPS) is 10.4. The number of halogens is 1. The molecule has 4 heteroatoms. The van der Waals surface area contributed by atoms with Gasteiger partial charge in [0.25, 0.3) is 5.91 Å². The van der Waals surface area contributed by atoms with E-state index in [9.17, 15) is 4.79 Å². The summed E-state index contributed by atoms with van der Waals surface area (Å²) in [6.07, 6.45) is 1.53. The highest BCUT2D eigenvalue weighted by Gasteiger charge is 2.09. The van der Waals surface area contributed by atoms with Gasteiger partial charge in [0.2, 0.25) is 0 Å². The predicted octanol–water partition coefficient (Wildman–Crippen LogP) is 3.93. The molecule has 0 aliphatic rings. The van der Waals surface area contributed by atoms with Gasteiger partial charge in [0.05, 0.1) is 0 Å². The molecule has 2 rings (SSSR count). The summed E-state index contributed by atoms with van der Waals surface area (Å²) in [6.45, 7) is 2.09. The number of aliphatic hydroxyl groups is 1. The van der Waals surface area contributed by atoms with E-state index in [1.807, 2.05) is 49.4 Å². The third kappa shape index (κ3) is 4.41. The number of nitrogens with one attached hydrogen (secondary N) is 1. The minimum Gasteiger partial charge on any atom is -0.396 e. The van der Waals surface area contributed by atoms with Gasteiger partial charge in [0.1, 0.15) is 0 Å². The van der Waals surface area contributed by atoms with Gasteiger partial charge in [-0.15, -0.1) is 0 Å². The lowest BCUT2D eigenvalue weighted by atomic mass is 10.1. The number of benzene rings is 2. The second-order valence-corrected chi connectivity index (χ2v) is 5.86. The number of aliphatic hydroxyl groups excluding tert-OH is 1. The molecule has 0 aliphatic carbocycles. The second kappa shape index (κ2) is 7.38. The Morgan fingerprint density at radius 2 is 2.05 bits per heavy atom. The summed E-state index contributed by atoms with van der Waals surface area (Å²) >= 11 is 3.39. The summed E-state index contributed by atoms with van der Waals surface area (Å²) in [5.41, 5.74) is 3.48. The molecule has 0 radical (unpaired) electrons. The van der Waals surface area contributed by atoms with Crippen molar-refractivity contribution in [3.8, 4) is 0 Å². The van der Waals surface area contributed by atoms with E-state index in [1.54, 1.807) is 0 Å². The van der Waals surface area contributed by atoms with Crippen LogP contribution in [0, 0.1) is 6.92 Å². The first-order chi connectivity index (χ1) is 10.1. The fraction of sp³-hybridized carbons (Fsp3) is 0.235. The lowest BCUT2D eigenvalue weighted by Gasteiger charge is -2.09. The molecule has 1 amide bonds. The maximum atomic E-state index is 12.3. The second-order valence-electron chi connectivity index (χ2n) is 4.94. The summed E-state index contributed by atoms with van der Waals surface area (Å²) < 4.78 is 0.961. The number of aryl methyl sites for hydroxylation is 2. The lowest BCUT2D eigenvalue weighted by Crippen LogP contribution is -2.13.